The average molecular weight is 484 g/mol. The number of benzene rings is 1. The second kappa shape index (κ2) is 9.89. The van der Waals surface area contributed by atoms with Crippen LogP contribution in [0.3, 0.4) is 0 Å². The number of methoxy groups -OCH3 is 1. The number of carbonyl (C=O) groups is 2. The Bertz CT molecular complexity index is 1350. The molecule has 0 saturated heterocycles. The van der Waals surface area contributed by atoms with Gasteiger partial charge in [-0.3, -0.25) is 14.3 Å². The summed E-state index contributed by atoms with van der Waals surface area (Å²) in [5.74, 6) is -0.312. The number of rotatable bonds is 8. The molecule has 34 heavy (non-hydrogen) atoms. The molecule has 0 bridgehead atoms. The molecule has 4 aromatic rings. The van der Waals surface area contributed by atoms with Gasteiger partial charge in [0.2, 0.25) is 5.91 Å². The third-order valence-corrected chi connectivity index (χ3v) is 5.17. The molecule has 11 nitrogen and oxygen atoms in total. The van der Waals surface area contributed by atoms with E-state index < -0.39 is 11.9 Å². The van der Waals surface area contributed by atoms with Crippen LogP contribution in [-0.2, 0) is 11.3 Å². The normalized spacial score (nSPS) is 11.9. The van der Waals surface area contributed by atoms with Gasteiger partial charge in [0.25, 0.3) is 5.91 Å². The van der Waals surface area contributed by atoms with Crippen LogP contribution in [-0.4, -0.2) is 61.1 Å². The summed E-state index contributed by atoms with van der Waals surface area (Å²) in [7, 11) is 1.51. The summed E-state index contributed by atoms with van der Waals surface area (Å²) in [6.45, 7) is 1.36. The van der Waals surface area contributed by atoms with E-state index in [9.17, 15) is 14.7 Å². The zero-order valence-corrected chi connectivity index (χ0v) is 19.2. The Hall–Kier alpha value is -3.96. The number of ether oxygens (including phenoxy) is 1. The molecule has 1 atom stereocenters. The largest absolute Gasteiger partial charge is 0.496 e. The Kier molecular flexibility index (Phi) is 6.75. The van der Waals surface area contributed by atoms with E-state index in [1.807, 2.05) is 0 Å². The van der Waals surface area contributed by atoms with Crippen LogP contribution in [0, 0.1) is 0 Å². The third-order valence-electron chi connectivity index (χ3n) is 4.94. The highest BCUT2D eigenvalue weighted by atomic mass is 35.5. The fraction of sp³-hybridized carbons (Fsp3) is 0.227. The van der Waals surface area contributed by atoms with E-state index in [0.29, 0.717) is 33.4 Å². The first-order chi connectivity index (χ1) is 16.4. The summed E-state index contributed by atoms with van der Waals surface area (Å²) in [5, 5.41) is 23.8. The molecule has 1 aromatic carbocycles. The van der Waals surface area contributed by atoms with Crippen molar-refractivity contribution in [3.05, 3.63) is 59.6 Å². The number of anilines is 1. The van der Waals surface area contributed by atoms with E-state index in [0.717, 1.165) is 0 Å². The van der Waals surface area contributed by atoms with Crippen molar-refractivity contribution in [1.82, 2.24) is 29.7 Å². The van der Waals surface area contributed by atoms with Crippen molar-refractivity contribution >= 4 is 34.7 Å². The zero-order chi connectivity index (χ0) is 24.2. The summed E-state index contributed by atoms with van der Waals surface area (Å²) in [6.07, 6.45) is 6.22. The molecule has 2 amide bonds. The third kappa shape index (κ3) is 4.85. The van der Waals surface area contributed by atoms with Gasteiger partial charge in [-0.2, -0.15) is 10.2 Å². The van der Waals surface area contributed by atoms with E-state index in [-0.39, 0.29) is 24.6 Å². The number of fused-ring (bicyclic) bond motifs is 1. The van der Waals surface area contributed by atoms with Crippen LogP contribution in [0.2, 0.25) is 5.02 Å². The zero-order valence-electron chi connectivity index (χ0n) is 18.4. The fourth-order valence-electron chi connectivity index (χ4n) is 3.35. The van der Waals surface area contributed by atoms with Crippen LogP contribution in [0.4, 0.5) is 5.69 Å². The number of nitrogens with zero attached hydrogens (tertiary/aromatic N) is 5. The molecule has 0 fully saturated rings. The second-order valence-corrected chi connectivity index (χ2v) is 7.92. The maximum absolute atomic E-state index is 13.1. The maximum atomic E-state index is 13.1. The molecule has 3 aromatic heterocycles. The maximum Gasteiger partial charge on any atom is 0.261 e. The number of aliphatic hydroxyl groups is 1. The van der Waals surface area contributed by atoms with Gasteiger partial charge in [0.05, 0.1) is 25.6 Å². The molecule has 3 heterocycles. The SMILES string of the molecule is COc1ccc(Cl)cc1-c1nn(CC(=O)NC(C)CO)cc1NC(=O)c1cnn2cccnc12. The minimum absolute atomic E-state index is 0.131. The highest BCUT2D eigenvalue weighted by molar-refractivity contribution is 6.31. The van der Waals surface area contributed by atoms with Crippen LogP contribution in [0.1, 0.15) is 17.3 Å². The fourth-order valence-corrected chi connectivity index (χ4v) is 3.52. The highest BCUT2D eigenvalue weighted by Gasteiger charge is 2.21. The van der Waals surface area contributed by atoms with Crippen LogP contribution in [0.5, 0.6) is 5.75 Å². The minimum atomic E-state index is -0.450. The van der Waals surface area contributed by atoms with E-state index in [2.05, 4.69) is 25.8 Å². The van der Waals surface area contributed by atoms with Gasteiger partial charge in [-0.15, -0.1) is 0 Å². The first-order valence-electron chi connectivity index (χ1n) is 10.3. The summed E-state index contributed by atoms with van der Waals surface area (Å²) >= 11 is 6.21. The van der Waals surface area contributed by atoms with Crippen molar-refractivity contribution in [2.24, 2.45) is 0 Å². The van der Waals surface area contributed by atoms with Crippen LogP contribution in [0.25, 0.3) is 16.9 Å². The molecular weight excluding hydrogens is 462 g/mol. The van der Waals surface area contributed by atoms with Gasteiger partial charge in [-0.25, -0.2) is 9.50 Å². The number of hydrogen-bond acceptors (Lipinski definition) is 7. The van der Waals surface area contributed by atoms with Gasteiger partial charge in [0, 0.05) is 35.2 Å². The number of amides is 2. The van der Waals surface area contributed by atoms with Gasteiger partial charge in [-0.05, 0) is 31.2 Å². The lowest BCUT2D eigenvalue weighted by atomic mass is 10.1. The van der Waals surface area contributed by atoms with Crippen molar-refractivity contribution in [2.75, 3.05) is 19.0 Å². The quantitative estimate of drug-likeness (QED) is 0.348. The predicted octanol–water partition coefficient (Wildman–Crippen LogP) is 2.00. The van der Waals surface area contributed by atoms with Gasteiger partial charge >= 0.3 is 0 Å². The molecule has 1 unspecified atom stereocenters. The van der Waals surface area contributed by atoms with Crippen molar-refractivity contribution in [2.45, 2.75) is 19.5 Å². The molecule has 0 radical (unpaired) electrons. The molecule has 0 saturated carbocycles. The van der Waals surface area contributed by atoms with Crippen LogP contribution in [0.15, 0.2) is 49.1 Å². The lowest BCUT2D eigenvalue weighted by Crippen LogP contribution is -2.37. The number of carbonyl (C=O) groups excluding carboxylic acids is 2. The molecule has 4 rings (SSSR count). The number of aliphatic hydroxyl groups excluding tert-OH is 1. The number of nitrogens with one attached hydrogen (secondary N) is 2. The number of halogens is 1. The standard InChI is InChI=1S/C22H22ClN7O4/c1-13(12-31)26-19(32)11-29-10-17(20(28-29)15-8-14(23)4-5-18(15)34-2)27-22(33)16-9-25-30-7-3-6-24-21(16)30/h3-10,13,31H,11-12H2,1-2H3,(H,26,32)(H,27,33). The highest BCUT2D eigenvalue weighted by Crippen LogP contribution is 2.36. The van der Waals surface area contributed by atoms with E-state index in [1.165, 1.54) is 28.7 Å². The number of aromatic nitrogens is 5. The van der Waals surface area contributed by atoms with Crippen molar-refractivity contribution < 1.29 is 19.4 Å². The van der Waals surface area contributed by atoms with E-state index in [4.69, 9.17) is 16.3 Å². The molecule has 0 aliphatic heterocycles. The topological polar surface area (TPSA) is 136 Å². The Morgan fingerprint density at radius 2 is 2.15 bits per heavy atom. The van der Waals surface area contributed by atoms with Crippen LogP contribution < -0.4 is 15.4 Å². The molecule has 0 aliphatic carbocycles. The monoisotopic (exact) mass is 483 g/mol. The summed E-state index contributed by atoms with van der Waals surface area (Å²) in [5.41, 5.74) is 1.90. The van der Waals surface area contributed by atoms with Gasteiger partial charge in [0.15, 0.2) is 5.65 Å². The van der Waals surface area contributed by atoms with E-state index in [1.54, 1.807) is 43.6 Å². The van der Waals surface area contributed by atoms with Gasteiger partial charge in [-0.1, -0.05) is 11.6 Å². The first kappa shape index (κ1) is 23.2. The summed E-state index contributed by atoms with van der Waals surface area (Å²) < 4.78 is 8.33. The Morgan fingerprint density at radius 1 is 1.32 bits per heavy atom. The van der Waals surface area contributed by atoms with E-state index >= 15 is 0 Å². The predicted molar refractivity (Wildman–Crippen MR) is 125 cm³/mol. The van der Waals surface area contributed by atoms with Crippen molar-refractivity contribution in [3.8, 4) is 17.0 Å². The van der Waals surface area contributed by atoms with Crippen molar-refractivity contribution in [1.29, 1.82) is 0 Å². The number of hydrogen-bond donors (Lipinski definition) is 3. The summed E-state index contributed by atoms with van der Waals surface area (Å²) in [4.78, 5) is 29.7. The minimum Gasteiger partial charge on any atom is -0.496 e. The lowest BCUT2D eigenvalue weighted by molar-refractivity contribution is -0.122. The molecule has 0 spiro atoms. The molecule has 176 valence electrons. The van der Waals surface area contributed by atoms with Crippen LogP contribution >= 0.6 is 11.6 Å². The molecule has 3 N–H and O–H groups in total. The van der Waals surface area contributed by atoms with Gasteiger partial charge in [0.1, 0.15) is 23.6 Å². The second-order valence-electron chi connectivity index (χ2n) is 7.48. The smallest absolute Gasteiger partial charge is 0.261 e. The Morgan fingerprint density at radius 3 is 2.91 bits per heavy atom. The van der Waals surface area contributed by atoms with Gasteiger partial charge < -0.3 is 20.5 Å². The Labute approximate surface area is 199 Å². The molecular formula is C22H22ClN7O4. The molecule has 12 heteroatoms. The lowest BCUT2D eigenvalue weighted by Gasteiger charge is -2.10. The Balaban J connectivity index is 1.71. The van der Waals surface area contributed by atoms with Crippen molar-refractivity contribution in [3.63, 3.8) is 0 Å². The average Bonchev–Trinajstić information content (AvgIpc) is 3.42. The molecule has 0 aliphatic rings. The summed E-state index contributed by atoms with van der Waals surface area (Å²) in [6, 6.07) is 6.32. The first-order valence-corrected chi connectivity index (χ1v) is 10.7.